The van der Waals surface area contributed by atoms with Crippen molar-refractivity contribution in [3.05, 3.63) is 68.9 Å². The molecule has 0 bridgehead atoms. The Bertz CT molecular complexity index is 1030. The average molecular weight is 478 g/mol. The Morgan fingerprint density at radius 1 is 1.24 bits per heavy atom. The van der Waals surface area contributed by atoms with Crippen LogP contribution in [0.25, 0.3) is 0 Å². The zero-order valence-electron chi connectivity index (χ0n) is 15.2. The van der Waals surface area contributed by atoms with Gasteiger partial charge in [0, 0.05) is 17.6 Å². The predicted molar refractivity (Wildman–Crippen MR) is 112 cm³/mol. The number of thioether (sulfide) groups is 1. The van der Waals surface area contributed by atoms with Gasteiger partial charge in [0.15, 0.2) is 11.0 Å². The third kappa shape index (κ3) is 5.55. The monoisotopic (exact) mass is 477 g/mol. The van der Waals surface area contributed by atoms with Crippen LogP contribution in [-0.2, 0) is 18.4 Å². The Morgan fingerprint density at radius 3 is 2.69 bits per heavy atom. The number of benzene rings is 2. The van der Waals surface area contributed by atoms with Crippen LogP contribution < -0.4 is 10.1 Å². The summed E-state index contributed by atoms with van der Waals surface area (Å²) in [7, 11) is 1.78. The highest BCUT2D eigenvalue weighted by Crippen LogP contribution is 2.24. The molecule has 1 heterocycles. The molecule has 0 aliphatic heterocycles. The van der Waals surface area contributed by atoms with E-state index in [1.807, 2.05) is 24.3 Å². The van der Waals surface area contributed by atoms with Gasteiger partial charge in [0.1, 0.15) is 18.0 Å². The summed E-state index contributed by atoms with van der Waals surface area (Å²) in [6, 6.07) is 13.4. The van der Waals surface area contributed by atoms with Gasteiger partial charge in [-0.3, -0.25) is 14.9 Å². The van der Waals surface area contributed by atoms with Gasteiger partial charge in [-0.2, -0.15) is 0 Å². The van der Waals surface area contributed by atoms with Crippen LogP contribution in [0.2, 0.25) is 0 Å². The van der Waals surface area contributed by atoms with E-state index in [4.69, 9.17) is 4.74 Å². The van der Waals surface area contributed by atoms with Crippen molar-refractivity contribution < 1.29 is 14.5 Å². The number of para-hydroxylation sites is 2. The number of nitro groups is 1. The third-order valence-electron chi connectivity index (χ3n) is 3.81. The maximum Gasteiger partial charge on any atom is 0.292 e. The van der Waals surface area contributed by atoms with E-state index in [1.54, 1.807) is 23.7 Å². The molecule has 0 atom stereocenters. The van der Waals surface area contributed by atoms with E-state index in [2.05, 4.69) is 31.4 Å². The first-order valence-electron chi connectivity index (χ1n) is 8.36. The minimum absolute atomic E-state index is 0.0333. The SMILES string of the molecule is Cn1c(COc2ccc(Br)cc2)nnc1SCC(=O)Nc1ccccc1[N+](=O)[O-]. The Balaban J connectivity index is 1.55. The summed E-state index contributed by atoms with van der Waals surface area (Å²) in [5.41, 5.74) is 0.00142. The Kier molecular flexibility index (Phi) is 6.83. The molecule has 0 aliphatic rings. The molecule has 0 radical (unpaired) electrons. The normalized spacial score (nSPS) is 10.6. The lowest BCUT2D eigenvalue weighted by molar-refractivity contribution is -0.383. The predicted octanol–water partition coefficient (Wildman–Crippen LogP) is 3.80. The summed E-state index contributed by atoms with van der Waals surface area (Å²) in [5.74, 6) is 0.967. The van der Waals surface area contributed by atoms with Gasteiger partial charge < -0.3 is 14.6 Å². The number of carbonyl (C=O) groups excluding carboxylic acids is 1. The largest absolute Gasteiger partial charge is 0.486 e. The number of anilines is 1. The maximum absolute atomic E-state index is 12.2. The van der Waals surface area contributed by atoms with E-state index in [1.165, 1.54) is 23.9 Å². The molecule has 3 rings (SSSR count). The number of ether oxygens (including phenoxy) is 1. The van der Waals surface area contributed by atoms with Crippen LogP contribution in [0.15, 0.2) is 58.2 Å². The van der Waals surface area contributed by atoms with Crippen LogP contribution in [0, 0.1) is 10.1 Å². The fourth-order valence-electron chi connectivity index (χ4n) is 2.33. The van der Waals surface area contributed by atoms with Crippen LogP contribution in [0.1, 0.15) is 5.82 Å². The van der Waals surface area contributed by atoms with Crippen molar-refractivity contribution in [1.29, 1.82) is 0 Å². The molecule has 0 saturated heterocycles. The van der Waals surface area contributed by atoms with Crippen LogP contribution in [0.5, 0.6) is 5.75 Å². The Labute approximate surface area is 178 Å². The summed E-state index contributed by atoms with van der Waals surface area (Å²) in [5, 5.41) is 22.3. The molecular weight excluding hydrogens is 462 g/mol. The number of hydrogen-bond donors (Lipinski definition) is 1. The highest BCUT2D eigenvalue weighted by Gasteiger charge is 2.16. The van der Waals surface area contributed by atoms with Crippen molar-refractivity contribution in [2.75, 3.05) is 11.1 Å². The first-order valence-corrected chi connectivity index (χ1v) is 10.1. The number of rotatable bonds is 8. The van der Waals surface area contributed by atoms with Gasteiger partial charge in [0.2, 0.25) is 5.91 Å². The smallest absolute Gasteiger partial charge is 0.292 e. The molecule has 1 N–H and O–H groups in total. The number of amides is 1. The first kappa shape index (κ1) is 20.8. The van der Waals surface area contributed by atoms with Crippen molar-refractivity contribution in [2.24, 2.45) is 7.05 Å². The van der Waals surface area contributed by atoms with Crippen LogP contribution in [-0.4, -0.2) is 31.3 Å². The molecule has 2 aromatic carbocycles. The zero-order chi connectivity index (χ0) is 20.8. The molecule has 0 spiro atoms. The van der Waals surface area contributed by atoms with Crippen LogP contribution >= 0.6 is 27.7 Å². The van der Waals surface area contributed by atoms with Crippen molar-refractivity contribution >= 4 is 45.0 Å². The van der Waals surface area contributed by atoms with E-state index in [0.29, 0.717) is 16.7 Å². The summed E-state index contributed by atoms with van der Waals surface area (Å²) >= 11 is 4.55. The second-order valence-electron chi connectivity index (χ2n) is 5.81. The van der Waals surface area contributed by atoms with Gasteiger partial charge in [0.25, 0.3) is 5.69 Å². The Morgan fingerprint density at radius 2 is 1.97 bits per heavy atom. The number of hydrogen-bond acceptors (Lipinski definition) is 7. The maximum atomic E-state index is 12.2. The van der Waals surface area contributed by atoms with Gasteiger partial charge >= 0.3 is 0 Å². The molecule has 150 valence electrons. The minimum atomic E-state index is -0.539. The first-order chi connectivity index (χ1) is 13.9. The number of carbonyl (C=O) groups is 1. The van der Waals surface area contributed by atoms with E-state index in [0.717, 1.165) is 4.47 Å². The van der Waals surface area contributed by atoms with E-state index < -0.39 is 4.92 Å². The van der Waals surface area contributed by atoms with Gasteiger partial charge in [-0.05, 0) is 30.3 Å². The molecule has 0 unspecified atom stereocenters. The quantitative estimate of drug-likeness (QED) is 0.298. The van der Waals surface area contributed by atoms with Gasteiger partial charge in [0.05, 0.1) is 10.7 Å². The molecule has 0 fully saturated rings. The number of nitrogens with zero attached hydrogens (tertiary/aromatic N) is 4. The molecule has 0 aliphatic carbocycles. The average Bonchev–Trinajstić information content (AvgIpc) is 3.06. The van der Waals surface area contributed by atoms with E-state index in [-0.39, 0.29) is 29.6 Å². The number of nitro benzene ring substituents is 1. The number of halogens is 1. The number of nitrogens with one attached hydrogen (secondary N) is 1. The zero-order valence-corrected chi connectivity index (χ0v) is 17.6. The molecule has 0 saturated carbocycles. The lowest BCUT2D eigenvalue weighted by Crippen LogP contribution is -2.15. The second-order valence-corrected chi connectivity index (χ2v) is 7.67. The molecule has 3 aromatic rings. The molecule has 9 nitrogen and oxygen atoms in total. The summed E-state index contributed by atoms with van der Waals surface area (Å²) in [4.78, 5) is 22.7. The topological polar surface area (TPSA) is 112 Å². The van der Waals surface area contributed by atoms with Gasteiger partial charge in [-0.1, -0.05) is 39.8 Å². The highest BCUT2D eigenvalue weighted by atomic mass is 79.9. The van der Waals surface area contributed by atoms with Crippen molar-refractivity contribution in [2.45, 2.75) is 11.8 Å². The fraction of sp³-hybridized carbons (Fsp3) is 0.167. The van der Waals surface area contributed by atoms with Gasteiger partial charge in [-0.15, -0.1) is 10.2 Å². The fourth-order valence-corrected chi connectivity index (χ4v) is 3.32. The van der Waals surface area contributed by atoms with Gasteiger partial charge in [-0.25, -0.2) is 0 Å². The van der Waals surface area contributed by atoms with Crippen LogP contribution in [0.4, 0.5) is 11.4 Å². The lowest BCUT2D eigenvalue weighted by atomic mass is 10.2. The third-order valence-corrected chi connectivity index (χ3v) is 5.36. The molecule has 29 heavy (non-hydrogen) atoms. The second kappa shape index (κ2) is 9.52. The molecule has 1 amide bonds. The van der Waals surface area contributed by atoms with Crippen molar-refractivity contribution in [1.82, 2.24) is 14.8 Å². The molecule has 11 heteroatoms. The Hall–Kier alpha value is -2.92. The number of aromatic nitrogens is 3. The summed E-state index contributed by atoms with van der Waals surface area (Å²) in [6.45, 7) is 0.230. The molecule has 1 aromatic heterocycles. The van der Waals surface area contributed by atoms with Crippen molar-refractivity contribution in [3.8, 4) is 5.75 Å². The summed E-state index contributed by atoms with van der Waals surface area (Å²) < 4.78 is 8.38. The highest BCUT2D eigenvalue weighted by molar-refractivity contribution is 9.10. The standard InChI is InChI=1S/C18H16BrN5O4S/c1-23-16(10-28-13-8-6-12(19)7-9-13)21-22-18(23)29-11-17(25)20-14-4-2-3-5-15(14)24(26)27/h2-9H,10-11H2,1H3,(H,20,25). The lowest BCUT2D eigenvalue weighted by Gasteiger charge is -2.07. The van der Waals surface area contributed by atoms with Crippen LogP contribution in [0.3, 0.4) is 0 Å². The van der Waals surface area contributed by atoms with Crippen molar-refractivity contribution in [3.63, 3.8) is 0 Å². The molecular formula is C18H16BrN5O4S. The van der Waals surface area contributed by atoms with E-state index >= 15 is 0 Å². The van der Waals surface area contributed by atoms with E-state index in [9.17, 15) is 14.9 Å². The minimum Gasteiger partial charge on any atom is -0.486 e. The summed E-state index contributed by atoms with van der Waals surface area (Å²) in [6.07, 6.45) is 0.